The monoisotopic (exact) mass is 218 g/mol. The van der Waals surface area contributed by atoms with Crippen LogP contribution in [0.25, 0.3) is 0 Å². The molecule has 0 aromatic rings. The van der Waals surface area contributed by atoms with Crippen LogP contribution in [0.15, 0.2) is 0 Å². The van der Waals surface area contributed by atoms with E-state index in [9.17, 15) is 8.42 Å². The smallest absolute Gasteiger partial charge is 0.212 e. The minimum atomic E-state index is -3.26. The molecule has 0 amide bonds. The normalized spacial score (nSPS) is 14.8. The molecule has 0 saturated heterocycles. The van der Waals surface area contributed by atoms with E-state index in [-0.39, 0.29) is 23.6 Å². The molecule has 0 fully saturated rings. The van der Waals surface area contributed by atoms with Crippen LogP contribution < -0.4 is 4.72 Å². The lowest BCUT2D eigenvalue weighted by Gasteiger charge is -2.19. The highest BCUT2D eigenvalue weighted by Crippen LogP contribution is 2.15. The average Bonchev–Trinajstić information content (AvgIpc) is 1.78. The Labute approximate surface area is 86.4 Å². The second-order valence-electron chi connectivity index (χ2n) is 4.70. The van der Waals surface area contributed by atoms with Gasteiger partial charge in [0.15, 0.2) is 0 Å². The van der Waals surface area contributed by atoms with Crippen LogP contribution in [0.1, 0.15) is 34.1 Å². The van der Waals surface area contributed by atoms with Crippen LogP contribution in [0.3, 0.4) is 0 Å². The maximum Gasteiger partial charge on any atom is 0.212 e. The van der Waals surface area contributed by atoms with E-state index >= 15 is 0 Å². The van der Waals surface area contributed by atoms with Gasteiger partial charge in [-0.2, -0.15) is 5.26 Å². The summed E-state index contributed by atoms with van der Waals surface area (Å²) in [6, 6.07) is 1.61. The number of nitrogens with one attached hydrogen (secondary N) is 1. The molecule has 0 saturated carbocycles. The molecule has 82 valence electrons. The van der Waals surface area contributed by atoms with Crippen molar-refractivity contribution in [1.82, 2.24) is 4.72 Å². The number of nitrogens with zero attached hydrogens (tertiary/aromatic N) is 1. The SMILES string of the molecule is CC(CC#N)NS(=O)(=O)CC(C)(C)C. The van der Waals surface area contributed by atoms with E-state index in [0.29, 0.717) is 0 Å². The Kier molecular flexibility index (Phi) is 4.56. The molecule has 0 aliphatic heterocycles. The molecule has 1 atom stereocenters. The topological polar surface area (TPSA) is 70.0 Å². The molecule has 0 aromatic carbocycles. The van der Waals surface area contributed by atoms with E-state index in [1.165, 1.54) is 0 Å². The molecule has 4 nitrogen and oxygen atoms in total. The van der Waals surface area contributed by atoms with Crippen LogP contribution in [-0.2, 0) is 10.0 Å². The maximum atomic E-state index is 11.5. The van der Waals surface area contributed by atoms with Crippen LogP contribution in [0, 0.1) is 16.7 Å². The van der Waals surface area contributed by atoms with Crippen molar-refractivity contribution < 1.29 is 8.42 Å². The Bertz CT molecular complexity index is 309. The fourth-order valence-electron chi connectivity index (χ4n) is 1.10. The van der Waals surface area contributed by atoms with Crippen LogP contribution in [0.5, 0.6) is 0 Å². The Hall–Kier alpha value is -0.600. The van der Waals surface area contributed by atoms with Gasteiger partial charge in [-0.1, -0.05) is 20.8 Å². The van der Waals surface area contributed by atoms with Crippen LogP contribution >= 0.6 is 0 Å². The van der Waals surface area contributed by atoms with Crippen LogP contribution in [0.4, 0.5) is 0 Å². The lowest BCUT2D eigenvalue weighted by molar-refractivity contribution is 0.455. The van der Waals surface area contributed by atoms with E-state index in [1.54, 1.807) is 6.92 Å². The van der Waals surface area contributed by atoms with Gasteiger partial charge in [-0.15, -0.1) is 0 Å². The highest BCUT2D eigenvalue weighted by atomic mass is 32.2. The van der Waals surface area contributed by atoms with Crippen molar-refractivity contribution >= 4 is 10.0 Å². The molecular formula is C9H18N2O2S. The quantitative estimate of drug-likeness (QED) is 0.772. The molecule has 14 heavy (non-hydrogen) atoms. The van der Waals surface area contributed by atoms with Gasteiger partial charge in [-0.3, -0.25) is 0 Å². The summed E-state index contributed by atoms with van der Waals surface area (Å²) in [4.78, 5) is 0. The van der Waals surface area contributed by atoms with Gasteiger partial charge in [0.05, 0.1) is 18.2 Å². The van der Waals surface area contributed by atoms with Crippen molar-refractivity contribution in [1.29, 1.82) is 5.26 Å². The van der Waals surface area contributed by atoms with Gasteiger partial charge in [0.1, 0.15) is 0 Å². The molecule has 0 aromatic heterocycles. The second-order valence-corrected chi connectivity index (χ2v) is 6.45. The molecule has 0 radical (unpaired) electrons. The first-order valence-corrected chi connectivity index (χ1v) is 6.18. The van der Waals surface area contributed by atoms with Gasteiger partial charge in [0.25, 0.3) is 0 Å². The summed E-state index contributed by atoms with van der Waals surface area (Å²) in [5, 5.41) is 8.38. The highest BCUT2D eigenvalue weighted by Gasteiger charge is 2.22. The van der Waals surface area contributed by atoms with Crippen molar-refractivity contribution in [3.05, 3.63) is 0 Å². The molecule has 0 heterocycles. The van der Waals surface area contributed by atoms with Gasteiger partial charge in [0, 0.05) is 6.04 Å². The largest absolute Gasteiger partial charge is 0.212 e. The standard InChI is InChI=1S/C9H18N2O2S/c1-8(5-6-10)11-14(12,13)7-9(2,3)4/h8,11H,5,7H2,1-4H3. The third-order valence-corrected chi connectivity index (χ3v) is 3.41. The Morgan fingerprint density at radius 1 is 1.43 bits per heavy atom. The number of rotatable bonds is 4. The predicted octanol–water partition coefficient (Wildman–Crippen LogP) is 1.25. The van der Waals surface area contributed by atoms with Crippen molar-refractivity contribution in [2.45, 2.75) is 40.2 Å². The zero-order valence-corrected chi connectivity index (χ0v) is 9.98. The van der Waals surface area contributed by atoms with E-state index < -0.39 is 10.0 Å². The summed E-state index contributed by atoms with van der Waals surface area (Å²) >= 11 is 0. The molecule has 1 N–H and O–H groups in total. The van der Waals surface area contributed by atoms with E-state index in [2.05, 4.69) is 4.72 Å². The summed E-state index contributed by atoms with van der Waals surface area (Å²) in [5.41, 5.74) is -0.266. The fourth-order valence-corrected chi connectivity index (χ4v) is 3.02. The number of nitriles is 1. The van der Waals surface area contributed by atoms with Crippen LogP contribution in [-0.4, -0.2) is 20.2 Å². The molecule has 1 unspecified atom stereocenters. The Morgan fingerprint density at radius 3 is 2.29 bits per heavy atom. The first-order chi connectivity index (χ1) is 6.16. The summed E-state index contributed by atoms with van der Waals surface area (Å²) in [6.45, 7) is 7.27. The highest BCUT2D eigenvalue weighted by molar-refractivity contribution is 7.89. The van der Waals surface area contributed by atoms with Gasteiger partial charge in [0.2, 0.25) is 10.0 Å². The predicted molar refractivity (Wildman–Crippen MR) is 56.1 cm³/mol. The number of hydrogen-bond donors (Lipinski definition) is 1. The van der Waals surface area contributed by atoms with E-state index in [0.717, 1.165) is 0 Å². The summed E-state index contributed by atoms with van der Waals surface area (Å²) in [7, 11) is -3.26. The zero-order valence-electron chi connectivity index (χ0n) is 9.16. The molecule has 0 spiro atoms. The van der Waals surface area contributed by atoms with Gasteiger partial charge in [-0.05, 0) is 12.3 Å². The second kappa shape index (κ2) is 4.76. The van der Waals surface area contributed by atoms with Gasteiger partial charge >= 0.3 is 0 Å². The summed E-state index contributed by atoms with van der Waals surface area (Å²) in [6.07, 6.45) is 0.198. The fraction of sp³-hybridized carbons (Fsp3) is 0.889. The minimum Gasteiger partial charge on any atom is -0.212 e. The Morgan fingerprint density at radius 2 is 1.93 bits per heavy atom. The molecular weight excluding hydrogens is 200 g/mol. The lowest BCUT2D eigenvalue weighted by Crippen LogP contribution is -2.37. The maximum absolute atomic E-state index is 11.5. The number of hydrogen-bond acceptors (Lipinski definition) is 3. The first kappa shape index (κ1) is 13.4. The van der Waals surface area contributed by atoms with E-state index in [4.69, 9.17) is 5.26 Å². The molecule has 0 aliphatic carbocycles. The van der Waals surface area contributed by atoms with Crippen molar-refractivity contribution in [2.24, 2.45) is 5.41 Å². The third kappa shape index (κ3) is 6.87. The van der Waals surface area contributed by atoms with Crippen molar-refractivity contribution in [3.8, 4) is 6.07 Å². The molecule has 0 aliphatic rings. The summed E-state index contributed by atoms with van der Waals surface area (Å²) in [5.74, 6) is 0.0791. The molecule has 0 rings (SSSR count). The average molecular weight is 218 g/mol. The van der Waals surface area contributed by atoms with E-state index in [1.807, 2.05) is 26.8 Å². The minimum absolute atomic E-state index is 0.0791. The first-order valence-electron chi connectivity index (χ1n) is 4.53. The summed E-state index contributed by atoms with van der Waals surface area (Å²) < 4.78 is 25.5. The number of sulfonamides is 1. The molecule has 5 heteroatoms. The van der Waals surface area contributed by atoms with Gasteiger partial charge in [-0.25, -0.2) is 13.1 Å². The molecule has 0 bridgehead atoms. The van der Waals surface area contributed by atoms with Crippen LogP contribution in [0.2, 0.25) is 0 Å². The lowest BCUT2D eigenvalue weighted by atomic mass is 10.0. The van der Waals surface area contributed by atoms with Crippen molar-refractivity contribution in [2.75, 3.05) is 5.75 Å². The third-order valence-electron chi connectivity index (χ3n) is 1.40. The Balaban J connectivity index is 4.31. The van der Waals surface area contributed by atoms with Gasteiger partial charge < -0.3 is 0 Å². The van der Waals surface area contributed by atoms with Crippen molar-refractivity contribution in [3.63, 3.8) is 0 Å². The zero-order chi connectivity index (χ0) is 11.4.